The maximum Gasteiger partial charge on any atom is 0.123 e. The Morgan fingerprint density at radius 2 is 2.06 bits per heavy atom. The van der Waals surface area contributed by atoms with E-state index in [1.807, 2.05) is 13.0 Å². The largest absolute Gasteiger partial charge is 0.371 e. The minimum absolute atomic E-state index is 0.0579. The van der Waals surface area contributed by atoms with Crippen LogP contribution >= 0.6 is 0 Å². The molecule has 0 spiro atoms. The summed E-state index contributed by atoms with van der Waals surface area (Å²) in [5, 5.41) is 0. The Hall–Kier alpha value is -1.09. The lowest BCUT2D eigenvalue weighted by molar-refractivity contribution is 0.616. The first-order valence-electron chi connectivity index (χ1n) is 6.85. The fourth-order valence-electron chi connectivity index (χ4n) is 2.90. The summed E-state index contributed by atoms with van der Waals surface area (Å²) in [7, 11) is 2.12. The molecule has 1 saturated carbocycles. The summed E-state index contributed by atoms with van der Waals surface area (Å²) in [6, 6.07) is 5.73. The van der Waals surface area contributed by atoms with Gasteiger partial charge in [0.2, 0.25) is 0 Å². The van der Waals surface area contributed by atoms with Crippen molar-refractivity contribution in [3.63, 3.8) is 0 Å². The normalized spacial score (nSPS) is 18.0. The van der Waals surface area contributed by atoms with Crippen LogP contribution in [0.5, 0.6) is 0 Å². The molecule has 0 amide bonds. The molecule has 2 N–H and O–H groups in total. The van der Waals surface area contributed by atoms with E-state index in [4.69, 9.17) is 5.73 Å². The highest BCUT2D eigenvalue weighted by molar-refractivity contribution is 5.54. The van der Waals surface area contributed by atoms with Crippen molar-refractivity contribution in [1.29, 1.82) is 0 Å². The van der Waals surface area contributed by atoms with Crippen molar-refractivity contribution in [2.45, 2.75) is 51.1 Å². The lowest BCUT2D eigenvalue weighted by Crippen LogP contribution is -2.30. The zero-order valence-corrected chi connectivity index (χ0v) is 11.3. The van der Waals surface area contributed by atoms with Gasteiger partial charge in [-0.15, -0.1) is 0 Å². The fourth-order valence-corrected chi connectivity index (χ4v) is 2.90. The molecule has 1 aliphatic carbocycles. The summed E-state index contributed by atoms with van der Waals surface area (Å²) in [6.07, 6.45) is 5.82. The molecule has 0 heterocycles. The third-order valence-electron chi connectivity index (χ3n) is 3.84. The van der Waals surface area contributed by atoms with E-state index < -0.39 is 0 Å². The predicted molar refractivity (Wildman–Crippen MR) is 74.4 cm³/mol. The Morgan fingerprint density at radius 1 is 1.39 bits per heavy atom. The Kier molecular flexibility index (Phi) is 4.23. The number of hydrogen-bond acceptors (Lipinski definition) is 2. The van der Waals surface area contributed by atoms with Crippen LogP contribution in [0, 0.1) is 5.82 Å². The van der Waals surface area contributed by atoms with Gasteiger partial charge in [0.1, 0.15) is 5.82 Å². The van der Waals surface area contributed by atoms with E-state index in [-0.39, 0.29) is 11.9 Å². The minimum Gasteiger partial charge on any atom is -0.371 e. The molecule has 0 bridgehead atoms. The summed E-state index contributed by atoms with van der Waals surface area (Å²) in [5.74, 6) is -0.172. The highest BCUT2D eigenvalue weighted by Gasteiger charge is 2.21. The second-order valence-corrected chi connectivity index (χ2v) is 5.50. The van der Waals surface area contributed by atoms with Gasteiger partial charge in [0.05, 0.1) is 0 Å². The van der Waals surface area contributed by atoms with E-state index in [0.717, 1.165) is 17.7 Å². The standard InChI is InChI=1S/C15H23FN2/c1-11(17)9-12-10-13(16)7-8-15(12)18(2)14-5-3-4-6-14/h7-8,10-11,14H,3-6,9,17H2,1-2H3. The maximum absolute atomic E-state index is 13.4. The Labute approximate surface area is 109 Å². The number of rotatable bonds is 4. The van der Waals surface area contributed by atoms with E-state index in [2.05, 4.69) is 11.9 Å². The van der Waals surface area contributed by atoms with Gasteiger partial charge in [-0.1, -0.05) is 12.8 Å². The molecule has 1 aromatic rings. The van der Waals surface area contributed by atoms with Crippen molar-refractivity contribution in [2.75, 3.05) is 11.9 Å². The van der Waals surface area contributed by atoms with Gasteiger partial charge in [-0.3, -0.25) is 0 Å². The summed E-state index contributed by atoms with van der Waals surface area (Å²) < 4.78 is 13.4. The van der Waals surface area contributed by atoms with Gasteiger partial charge in [0.25, 0.3) is 0 Å². The summed E-state index contributed by atoms with van der Waals surface area (Å²) >= 11 is 0. The average Bonchev–Trinajstić information content (AvgIpc) is 2.81. The van der Waals surface area contributed by atoms with Crippen molar-refractivity contribution in [3.8, 4) is 0 Å². The van der Waals surface area contributed by atoms with Crippen molar-refractivity contribution in [3.05, 3.63) is 29.6 Å². The summed E-state index contributed by atoms with van der Waals surface area (Å²) in [4.78, 5) is 2.31. The highest BCUT2D eigenvalue weighted by atomic mass is 19.1. The third-order valence-corrected chi connectivity index (χ3v) is 3.84. The minimum atomic E-state index is -0.172. The molecule has 0 aromatic heterocycles. The first-order valence-corrected chi connectivity index (χ1v) is 6.85. The van der Waals surface area contributed by atoms with Crippen molar-refractivity contribution >= 4 is 5.69 Å². The van der Waals surface area contributed by atoms with Gasteiger partial charge in [0, 0.05) is 24.8 Å². The van der Waals surface area contributed by atoms with E-state index in [9.17, 15) is 4.39 Å². The molecular weight excluding hydrogens is 227 g/mol. The summed E-state index contributed by atoms with van der Waals surface area (Å²) in [6.45, 7) is 1.96. The van der Waals surface area contributed by atoms with Gasteiger partial charge in [-0.05, 0) is 49.9 Å². The quantitative estimate of drug-likeness (QED) is 0.889. The third kappa shape index (κ3) is 3.02. The van der Waals surface area contributed by atoms with Crippen LogP contribution in [0.4, 0.5) is 10.1 Å². The molecule has 0 radical (unpaired) electrons. The van der Waals surface area contributed by atoms with E-state index >= 15 is 0 Å². The predicted octanol–water partition coefficient (Wildman–Crippen LogP) is 3.09. The van der Waals surface area contributed by atoms with Crippen LogP contribution < -0.4 is 10.6 Å². The van der Waals surface area contributed by atoms with Crippen LogP contribution in [0.25, 0.3) is 0 Å². The molecule has 1 atom stereocenters. The molecule has 1 fully saturated rings. The first kappa shape index (κ1) is 13.3. The molecule has 2 rings (SSSR count). The molecular formula is C15H23FN2. The van der Waals surface area contributed by atoms with Crippen LogP contribution in [0.1, 0.15) is 38.2 Å². The first-order chi connectivity index (χ1) is 8.58. The van der Waals surface area contributed by atoms with Crippen LogP contribution in [0.2, 0.25) is 0 Å². The smallest absolute Gasteiger partial charge is 0.123 e. The number of benzene rings is 1. The van der Waals surface area contributed by atoms with Crippen LogP contribution in [0.3, 0.4) is 0 Å². The molecule has 1 aliphatic rings. The molecule has 100 valence electrons. The molecule has 2 nitrogen and oxygen atoms in total. The number of anilines is 1. The summed E-state index contributed by atoms with van der Waals surface area (Å²) in [5.41, 5.74) is 8.02. The van der Waals surface area contributed by atoms with Gasteiger partial charge < -0.3 is 10.6 Å². The van der Waals surface area contributed by atoms with Gasteiger partial charge >= 0.3 is 0 Å². The van der Waals surface area contributed by atoms with Gasteiger partial charge in [-0.2, -0.15) is 0 Å². The molecule has 1 unspecified atom stereocenters. The number of nitrogens with zero attached hydrogens (tertiary/aromatic N) is 1. The van der Waals surface area contributed by atoms with Gasteiger partial charge in [0.15, 0.2) is 0 Å². The highest BCUT2D eigenvalue weighted by Crippen LogP contribution is 2.30. The second kappa shape index (κ2) is 5.70. The Bertz CT molecular complexity index is 397. The van der Waals surface area contributed by atoms with Crippen LogP contribution in [-0.2, 0) is 6.42 Å². The molecule has 0 saturated heterocycles. The van der Waals surface area contributed by atoms with Crippen LogP contribution in [0.15, 0.2) is 18.2 Å². The van der Waals surface area contributed by atoms with E-state index in [1.54, 1.807) is 12.1 Å². The SMILES string of the molecule is CC(N)Cc1cc(F)ccc1N(C)C1CCCC1. The Balaban J connectivity index is 2.24. The number of halogens is 1. The van der Waals surface area contributed by atoms with Crippen molar-refractivity contribution in [1.82, 2.24) is 0 Å². The lowest BCUT2D eigenvalue weighted by atomic mass is 10.0. The van der Waals surface area contributed by atoms with E-state index in [0.29, 0.717) is 6.04 Å². The lowest BCUT2D eigenvalue weighted by Gasteiger charge is -2.29. The maximum atomic E-state index is 13.4. The monoisotopic (exact) mass is 250 g/mol. The fraction of sp³-hybridized carbons (Fsp3) is 0.600. The van der Waals surface area contributed by atoms with Gasteiger partial charge in [-0.25, -0.2) is 4.39 Å². The molecule has 0 aliphatic heterocycles. The number of hydrogen-bond donors (Lipinski definition) is 1. The van der Waals surface area contributed by atoms with Crippen molar-refractivity contribution in [2.24, 2.45) is 5.73 Å². The topological polar surface area (TPSA) is 29.3 Å². The molecule has 18 heavy (non-hydrogen) atoms. The molecule has 3 heteroatoms. The van der Waals surface area contributed by atoms with E-state index in [1.165, 1.54) is 25.7 Å². The zero-order valence-electron chi connectivity index (χ0n) is 11.3. The zero-order chi connectivity index (χ0) is 13.1. The van der Waals surface area contributed by atoms with Crippen molar-refractivity contribution < 1.29 is 4.39 Å². The van der Waals surface area contributed by atoms with Crippen LogP contribution in [-0.4, -0.2) is 19.1 Å². The molecule has 1 aromatic carbocycles. The average molecular weight is 250 g/mol. The second-order valence-electron chi connectivity index (χ2n) is 5.50. The Morgan fingerprint density at radius 3 is 2.67 bits per heavy atom. The number of nitrogens with two attached hydrogens (primary N) is 1.